The Morgan fingerprint density at radius 2 is 2.26 bits per heavy atom. The standard InChI is InChI=1S/C15H22N2O2/c1-4-11-9-12(5-6-14(11)19-3)13-10-15(18)17(2)8-7-16-13/h5-6,9,13,16H,4,7-8,10H2,1-3H3. The van der Waals surface area contributed by atoms with Crippen LogP contribution in [0.4, 0.5) is 0 Å². The van der Waals surface area contributed by atoms with E-state index in [1.807, 2.05) is 19.2 Å². The van der Waals surface area contributed by atoms with E-state index < -0.39 is 0 Å². The molecule has 0 aromatic heterocycles. The molecule has 2 rings (SSSR count). The number of nitrogens with zero attached hydrogens (tertiary/aromatic N) is 1. The van der Waals surface area contributed by atoms with Gasteiger partial charge in [0.05, 0.1) is 7.11 Å². The maximum absolute atomic E-state index is 11.9. The van der Waals surface area contributed by atoms with E-state index in [9.17, 15) is 4.79 Å². The number of amides is 1. The molecule has 1 aromatic rings. The van der Waals surface area contributed by atoms with E-state index in [1.165, 1.54) is 11.1 Å². The van der Waals surface area contributed by atoms with Gasteiger partial charge in [-0.1, -0.05) is 19.1 Å². The van der Waals surface area contributed by atoms with Crippen LogP contribution in [0.2, 0.25) is 0 Å². The molecule has 1 aromatic carbocycles. The van der Waals surface area contributed by atoms with Crippen LogP contribution in [0, 0.1) is 0 Å². The zero-order chi connectivity index (χ0) is 13.8. The number of methoxy groups -OCH3 is 1. The van der Waals surface area contributed by atoms with Crippen LogP contribution >= 0.6 is 0 Å². The second kappa shape index (κ2) is 6.06. The van der Waals surface area contributed by atoms with E-state index in [0.717, 1.165) is 25.3 Å². The first-order valence-corrected chi connectivity index (χ1v) is 6.79. The Morgan fingerprint density at radius 1 is 1.47 bits per heavy atom. The van der Waals surface area contributed by atoms with Gasteiger partial charge in [-0.2, -0.15) is 0 Å². The molecular weight excluding hydrogens is 240 g/mol. The van der Waals surface area contributed by atoms with Crippen molar-refractivity contribution in [2.45, 2.75) is 25.8 Å². The highest BCUT2D eigenvalue weighted by molar-refractivity contribution is 5.77. The number of hydrogen-bond donors (Lipinski definition) is 1. The minimum Gasteiger partial charge on any atom is -0.496 e. The van der Waals surface area contributed by atoms with Crippen molar-refractivity contribution in [1.82, 2.24) is 10.2 Å². The first-order chi connectivity index (χ1) is 9.15. The van der Waals surface area contributed by atoms with E-state index in [1.54, 1.807) is 12.0 Å². The summed E-state index contributed by atoms with van der Waals surface area (Å²) >= 11 is 0. The van der Waals surface area contributed by atoms with E-state index in [2.05, 4.69) is 18.3 Å². The SMILES string of the molecule is CCc1cc(C2CC(=O)N(C)CCN2)ccc1OC. The Bertz CT molecular complexity index is 459. The predicted molar refractivity (Wildman–Crippen MR) is 75.4 cm³/mol. The fourth-order valence-electron chi connectivity index (χ4n) is 2.46. The summed E-state index contributed by atoms with van der Waals surface area (Å²) in [7, 11) is 3.55. The second-order valence-corrected chi connectivity index (χ2v) is 4.95. The molecule has 1 unspecified atom stereocenters. The Morgan fingerprint density at radius 3 is 2.95 bits per heavy atom. The smallest absolute Gasteiger partial charge is 0.224 e. The lowest BCUT2D eigenvalue weighted by Crippen LogP contribution is -2.27. The predicted octanol–water partition coefficient (Wildman–Crippen LogP) is 1.75. The van der Waals surface area contributed by atoms with E-state index >= 15 is 0 Å². The number of carbonyl (C=O) groups is 1. The maximum atomic E-state index is 11.9. The molecule has 0 radical (unpaired) electrons. The van der Waals surface area contributed by atoms with E-state index in [-0.39, 0.29) is 11.9 Å². The highest BCUT2D eigenvalue weighted by Crippen LogP contribution is 2.26. The largest absolute Gasteiger partial charge is 0.496 e. The summed E-state index contributed by atoms with van der Waals surface area (Å²) in [5, 5.41) is 3.44. The molecule has 1 atom stereocenters. The summed E-state index contributed by atoms with van der Waals surface area (Å²) in [6.45, 7) is 3.72. The third kappa shape index (κ3) is 3.07. The summed E-state index contributed by atoms with van der Waals surface area (Å²) in [6, 6.07) is 6.30. The molecule has 0 bridgehead atoms. The van der Waals surface area contributed by atoms with Gasteiger partial charge in [0, 0.05) is 32.6 Å². The highest BCUT2D eigenvalue weighted by Gasteiger charge is 2.22. The topological polar surface area (TPSA) is 41.6 Å². The number of hydrogen-bond acceptors (Lipinski definition) is 3. The summed E-state index contributed by atoms with van der Waals surface area (Å²) < 4.78 is 5.35. The summed E-state index contributed by atoms with van der Waals surface area (Å²) in [6.07, 6.45) is 1.45. The van der Waals surface area contributed by atoms with Gasteiger partial charge in [0.2, 0.25) is 5.91 Å². The molecule has 1 heterocycles. The van der Waals surface area contributed by atoms with Crippen molar-refractivity contribution in [3.8, 4) is 5.75 Å². The fraction of sp³-hybridized carbons (Fsp3) is 0.533. The first-order valence-electron chi connectivity index (χ1n) is 6.79. The molecule has 1 aliphatic rings. The van der Waals surface area contributed by atoms with Gasteiger partial charge in [-0.25, -0.2) is 0 Å². The minimum absolute atomic E-state index is 0.105. The third-order valence-corrected chi connectivity index (χ3v) is 3.73. The lowest BCUT2D eigenvalue weighted by molar-refractivity contribution is -0.129. The van der Waals surface area contributed by atoms with Crippen LogP contribution in [0.15, 0.2) is 18.2 Å². The molecule has 4 heteroatoms. The van der Waals surface area contributed by atoms with Crippen LogP contribution < -0.4 is 10.1 Å². The van der Waals surface area contributed by atoms with Crippen LogP contribution in [0.25, 0.3) is 0 Å². The number of nitrogens with one attached hydrogen (secondary N) is 1. The van der Waals surface area contributed by atoms with Gasteiger partial charge < -0.3 is 15.0 Å². The van der Waals surface area contributed by atoms with Gasteiger partial charge >= 0.3 is 0 Å². The molecule has 1 amide bonds. The van der Waals surface area contributed by atoms with Gasteiger partial charge in [0.1, 0.15) is 5.75 Å². The van der Waals surface area contributed by atoms with Crippen LogP contribution in [0.1, 0.15) is 30.5 Å². The van der Waals surface area contributed by atoms with Crippen LogP contribution in [-0.2, 0) is 11.2 Å². The quantitative estimate of drug-likeness (QED) is 0.902. The van der Waals surface area contributed by atoms with Crippen molar-refractivity contribution >= 4 is 5.91 Å². The lowest BCUT2D eigenvalue weighted by atomic mass is 9.99. The summed E-state index contributed by atoms with van der Waals surface area (Å²) in [5.74, 6) is 1.12. The molecule has 1 aliphatic heterocycles. The van der Waals surface area contributed by atoms with Crippen LogP contribution in [0.5, 0.6) is 5.75 Å². The normalized spacial score (nSPS) is 20.3. The summed E-state index contributed by atoms with van der Waals surface area (Å²) in [4.78, 5) is 13.7. The van der Waals surface area contributed by atoms with Crippen molar-refractivity contribution in [2.24, 2.45) is 0 Å². The minimum atomic E-state index is 0.105. The average Bonchev–Trinajstić information content (AvgIpc) is 2.60. The molecule has 19 heavy (non-hydrogen) atoms. The van der Waals surface area contributed by atoms with Gasteiger partial charge in [0.25, 0.3) is 0 Å². The average molecular weight is 262 g/mol. The van der Waals surface area contributed by atoms with Gasteiger partial charge in [-0.15, -0.1) is 0 Å². The number of benzene rings is 1. The van der Waals surface area contributed by atoms with E-state index in [0.29, 0.717) is 6.42 Å². The molecule has 0 aliphatic carbocycles. The number of rotatable bonds is 3. The third-order valence-electron chi connectivity index (χ3n) is 3.73. The number of ether oxygens (including phenoxy) is 1. The monoisotopic (exact) mass is 262 g/mol. The molecule has 0 spiro atoms. The Kier molecular flexibility index (Phi) is 4.43. The molecule has 1 N–H and O–H groups in total. The molecule has 4 nitrogen and oxygen atoms in total. The maximum Gasteiger partial charge on any atom is 0.224 e. The summed E-state index contributed by atoms with van der Waals surface area (Å²) in [5.41, 5.74) is 2.35. The highest BCUT2D eigenvalue weighted by atomic mass is 16.5. The Labute approximate surface area is 114 Å². The van der Waals surface area contributed by atoms with Crippen molar-refractivity contribution in [3.05, 3.63) is 29.3 Å². The first kappa shape index (κ1) is 13.9. The van der Waals surface area contributed by atoms with Crippen molar-refractivity contribution in [1.29, 1.82) is 0 Å². The molecule has 1 saturated heterocycles. The zero-order valence-electron chi connectivity index (χ0n) is 11.9. The lowest BCUT2D eigenvalue weighted by Gasteiger charge is -2.17. The second-order valence-electron chi connectivity index (χ2n) is 4.95. The Hall–Kier alpha value is -1.55. The van der Waals surface area contributed by atoms with Gasteiger partial charge in [-0.3, -0.25) is 4.79 Å². The van der Waals surface area contributed by atoms with Crippen molar-refractivity contribution < 1.29 is 9.53 Å². The molecule has 1 fully saturated rings. The molecule has 0 saturated carbocycles. The number of carbonyl (C=O) groups excluding carboxylic acids is 1. The fourth-order valence-corrected chi connectivity index (χ4v) is 2.46. The number of likely N-dealkylation sites (N-methyl/N-ethyl adjacent to an activating group) is 1. The molecule has 104 valence electrons. The van der Waals surface area contributed by atoms with Gasteiger partial charge in [0.15, 0.2) is 0 Å². The van der Waals surface area contributed by atoms with Gasteiger partial charge in [-0.05, 0) is 23.6 Å². The van der Waals surface area contributed by atoms with E-state index in [4.69, 9.17) is 4.74 Å². The van der Waals surface area contributed by atoms with Crippen molar-refractivity contribution in [2.75, 3.05) is 27.2 Å². The zero-order valence-corrected chi connectivity index (χ0v) is 11.9. The number of aryl methyl sites for hydroxylation is 1. The van der Waals surface area contributed by atoms with Crippen molar-refractivity contribution in [3.63, 3.8) is 0 Å². The Balaban J connectivity index is 2.23. The molecular formula is C15H22N2O2. The van der Waals surface area contributed by atoms with Crippen LogP contribution in [0.3, 0.4) is 0 Å². The van der Waals surface area contributed by atoms with Crippen LogP contribution in [-0.4, -0.2) is 38.1 Å².